The Morgan fingerprint density at radius 3 is 2.58 bits per heavy atom. The number of aromatic nitrogens is 1. The molecule has 0 aliphatic carbocycles. The summed E-state index contributed by atoms with van der Waals surface area (Å²) in [6.45, 7) is 5.68. The molecule has 8 heteroatoms. The average molecular weight is 286 g/mol. The lowest BCUT2D eigenvalue weighted by Gasteiger charge is -2.20. The van der Waals surface area contributed by atoms with Crippen molar-refractivity contribution in [1.29, 1.82) is 0 Å². The lowest BCUT2D eigenvalue weighted by molar-refractivity contribution is -0.120. The van der Waals surface area contributed by atoms with Crippen LogP contribution < -0.4 is 16.4 Å². The van der Waals surface area contributed by atoms with Crippen molar-refractivity contribution in [2.45, 2.75) is 26.3 Å². The molecule has 0 unspecified atom stereocenters. The number of nitrogens with zero attached hydrogens (tertiary/aromatic N) is 1. The second kappa shape index (κ2) is 5.87. The van der Waals surface area contributed by atoms with Gasteiger partial charge in [0, 0.05) is 5.54 Å². The summed E-state index contributed by atoms with van der Waals surface area (Å²) in [5.74, 6) is -0.671. The van der Waals surface area contributed by atoms with Crippen LogP contribution in [0.5, 0.6) is 0 Å². The molecule has 0 spiro atoms. The van der Waals surface area contributed by atoms with E-state index in [4.69, 9.17) is 5.73 Å². The predicted molar refractivity (Wildman–Crippen MR) is 74.3 cm³/mol. The minimum atomic E-state index is -0.579. The number of hydrogen-bond donors (Lipinski definition) is 3. The van der Waals surface area contributed by atoms with Crippen LogP contribution >= 0.6 is 11.5 Å². The molecule has 1 rings (SSSR count). The smallest absolute Gasteiger partial charge is 0.344 e. The van der Waals surface area contributed by atoms with Crippen LogP contribution in [0.2, 0.25) is 0 Å². The number of methoxy groups -OCH3 is 1. The molecule has 0 saturated carbocycles. The molecule has 0 aliphatic rings. The standard InChI is InChI=1S/C11H18N4O3S/c1-11(2,3)14-6(16)5-13-9-7(10(17)18-4)8(12)15-19-9/h13H,5H2,1-4H3,(H2,12,15)(H,14,16). The van der Waals surface area contributed by atoms with Gasteiger partial charge in [0.1, 0.15) is 10.6 Å². The van der Waals surface area contributed by atoms with Crippen LogP contribution in [-0.4, -0.2) is 35.4 Å². The third kappa shape index (κ3) is 4.40. The Morgan fingerprint density at radius 1 is 1.42 bits per heavy atom. The molecule has 0 radical (unpaired) electrons. The topological polar surface area (TPSA) is 106 Å². The summed E-state index contributed by atoms with van der Waals surface area (Å²) in [7, 11) is 1.26. The SMILES string of the molecule is COC(=O)c1c(N)nsc1NCC(=O)NC(C)(C)C. The van der Waals surface area contributed by atoms with Crippen molar-refractivity contribution in [3.05, 3.63) is 5.56 Å². The summed E-state index contributed by atoms with van der Waals surface area (Å²) in [6, 6.07) is 0. The molecule has 1 aromatic rings. The third-order valence-corrected chi connectivity index (χ3v) is 2.85. The highest BCUT2D eigenvalue weighted by atomic mass is 32.1. The van der Waals surface area contributed by atoms with Gasteiger partial charge in [0.15, 0.2) is 5.82 Å². The number of nitrogen functional groups attached to an aromatic ring is 1. The Hall–Kier alpha value is -1.83. The fourth-order valence-corrected chi connectivity index (χ4v) is 2.04. The van der Waals surface area contributed by atoms with E-state index in [1.807, 2.05) is 20.8 Å². The van der Waals surface area contributed by atoms with E-state index in [-0.39, 0.29) is 29.4 Å². The van der Waals surface area contributed by atoms with Gasteiger partial charge in [0.25, 0.3) is 0 Å². The molecule has 7 nitrogen and oxygen atoms in total. The Morgan fingerprint density at radius 2 is 2.05 bits per heavy atom. The number of amides is 1. The molecule has 1 heterocycles. The summed E-state index contributed by atoms with van der Waals surface area (Å²) in [5.41, 5.74) is 5.44. The normalized spacial score (nSPS) is 10.9. The third-order valence-electron chi connectivity index (χ3n) is 2.03. The highest BCUT2D eigenvalue weighted by Crippen LogP contribution is 2.27. The van der Waals surface area contributed by atoms with Crippen molar-refractivity contribution in [1.82, 2.24) is 9.69 Å². The van der Waals surface area contributed by atoms with E-state index in [0.717, 1.165) is 11.5 Å². The van der Waals surface area contributed by atoms with Crippen molar-refractivity contribution >= 4 is 34.2 Å². The largest absolute Gasteiger partial charge is 0.465 e. The predicted octanol–water partition coefficient (Wildman–Crippen LogP) is 0.838. The molecule has 0 aliphatic heterocycles. The molecular formula is C11H18N4O3S. The number of rotatable bonds is 4. The number of nitrogens with one attached hydrogen (secondary N) is 2. The number of nitrogens with two attached hydrogens (primary N) is 1. The van der Waals surface area contributed by atoms with Gasteiger partial charge in [-0.25, -0.2) is 4.79 Å². The van der Waals surface area contributed by atoms with Crippen LogP contribution in [0.15, 0.2) is 0 Å². The van der Waals surface area contributed by atoms with E-state index in [9.17, 15) is 9.59 Å². The molecule has 0 fully saturated rings. The molecule has 0 bridgehead atoms. The Kier molecular flexibility index (Phi) is 4.71. The molecule has 0 aromatic carbocycles. The summed E-state index contributed by atoms with van der Waals surface area (Å²) >= 11 is 1.01. The van der Waals surface area contributed by atoms with Crippen LogP contribution in [0, 0.1) is 0 Å². The molecule has 0 saturated heterocycles. The molecule has 106 valence electrons. The maximum absolute atomic E-state index is 11.7. The Labute approximate surface area is 115 Å². The van der Waals surface area contributed by atoms with Gasteiger partial charge in [-0.3, -0.25) is 4.79 Å². The van der Waals surface area contributed by atoms with E-state index in [1.54, 1.807) is 0 Å². The van der Waals surface area contributed by atoms with Crippen LogP contribution in [-0.2, 0) is 9.53 Å². The first kappa shape index (κ1) is 15.2. The van der Waals surface area contributed by atoms with Crippen molar-refractivity contribution < 1.29 is 14.3 Å². The fraction of sp³-hybridized carbons (Fsp3) is 0.545. The van der Waals surface area contributed by atoms with E-state index >= 15 is 0 Å². The molecule has 1 amide bonds. The zero-order chi connectivity index (χ0) is 14.6. The van der Waals surface area contributed by atoms with Crippen LogP contribution in [0.1, 0.15) is 31.1 Å². The maximum Gasteiger partial charge on any atom is 0.344 e. The zero-order valence-electron chi connectivity index (χ0n) is 11.4. The number of carbonyl (C=O) groups is 2. The van der Waals surface area contributed by atoms with Gasteiger partial charge >= 0.3 is 5.97 Å². The first-order valence-electron chi connectivity index (χ1n) is 5.63. The van der Waals surface area contributed by atoms with E-state index in [1.165, 1.54) is 7.11 Å². The maximum atomic E-state index is 11.7. The molecular weight excluding hydrogens is 268 g/mol. The quantitative estimate of drug-likeness (QED) is 0.708. The summed E-state index contributed by atoms with van der Waals surface area (Å²) in [4.78, 5) is 23.2. The van der Waals surface area contributed by atoms with E-state index < -0.39 is 5.97 Å². The summed E-state index contributed by atoms with van der Waals surface area (Å²) in [5, 5.41) is 6.05. The highest BCUT2D eigenvalue weighted by molar-refractivity contribution is 7.11. The zero-order valence-corrected chi connectivity index (χ0v) is 12.2. The number of esters is 1. The van der Waals surface area contributed by atoms with Crippen LogP contribution in [0.25, 0.3) is 0 Å². The second-order valence-electron chi connectivity index (χ2n) is 4.92. The molecule has 19 heavy (non-hydrogen) atoms. The van der Waals surface area contributed by atoms with Gasteiger partial charge in [-0.1, -0.05) is 0 Å². The number of ether oxygens (including phenoxy) is 1. The minimum absolute atomic E-state index is 0.0307. The number of hydrogen-bond acceptors (Lipinski definition) is 7. The number of anilines is 2. The molecule has 4 N–H and O–H groups in total. The van der Waals surface area contributed by atoms with Crippen molar-refractivity contribution in [3.8, 4) is 0 Å². The van der Waals surface area contributed by atoms with Gasteiger partial charge in [-0.05, 0) is 32.3 Å². The van der Waals surface area contributed by atoms with Crippen molar-refractivity contribution in [2.75, 3.05) is 24.7 Å². The summed E-state index contributed by atoms with van der Waals surface area (Å²) < 4.78 is 8.47. The van der Waals surface area contributed by atoms with E-state index in [2.05, 4.69) is 19.7 Å². The van der Waals surface area contributed by atoms with Gasteiger partial charge in [0.2, 0.25) is 5.91 Å². The van der Waals surface area contributed by atoms with Gasteiger partial charge < -0.3 is 21.1 Å². The lowest BCUT2D eigenvalue weighted by Crippen LogP contribution is -2.43. The molecule has 0 atom stereocenters. The number of carbonyl (C=O) groups excluding carboxylic acids is 2. The Bertz CT molecular complexity index is 479. The van der Waals surface area contributed by atoms with Crippen LogP contribution in [0.4, 0.5) is 10.8 Å². The van der Waals surface area contributed by atoms with Gasteiger partial charge in [0.05, 0.1) is 13.7 Å². The Balaban J connectivity index is 2.69. The summed E-state index contributed by atoms with van der Waals surface area (Å²) in [6.07, 6.45) is 0. The second-order valence-corrected chi connectivity index (χ2v) is 5.69. The molecule has 1 aromatic heterocycles. The highest BCUT2D eigenvalue weighted by Gasteiger charge is 2.21. The lowest BCUT2D eigenvalue weighted by atomic mass is 10.1. The van der Waals surface area contributed by atoms with Crippen molar-refractivity contribution in [2.24, 2.45) is 0 Å². The minimum Gasteiger partial charge on any atom is -0.465 e. The van der Waals surface area contributed by atoms with Crippen molar-refractivity contribution in [3.63, 3.8) is 0 Å². The first-order valence-corrected chi connectivity index (χ1v) is 6.40. The average Bonchev–Trinajstić information content (AvgIpc) is 2.64. The van der Waals surface area contributed by atoms with Crippen LogP contribution in [0.3, 0.4) is 0 Å². The fourth-order valence-electron chi connectivity index (χ4n) is 1.35. The monoisotopic (exact) mass is 286 g/mol. The van der Waals surface area contributed by atoms with E-state index in [0.29, 0.717) is 5.00 Å². The van der Waals surface area contributed by atoms with Gasteiger partial charge in [-0.15, -0.1) is 0 Å². The first-order chi connectivity index (χ1) is 8.74. The van der Waals surface area contributed by atoms with Gasteiger partial charge in [-0.2, -0.15) is 4.37 Å².